The first kappa shape index (κ1) is 26.5. The van der Waals surface area contributed by atoms with Crippen molar-refractivity contribution >= 4 is 44.8 Å². The molecule has 0 unspecified atom stereocenters. The molecule has 1 aromatic heterocycles. The number of likely N-dealkylation sites (tertiary alicyclic amines) is 1. The van der Waals surface area contributed by atoms with Crippen molar-refractivity contribution < 1.29 is 43.4 Å². The Labute approximate surface area is 247 Å². The maximum absolute atomic E-state index is 13.7. The highest BCUT2D eigenvalue weighted by Crippen LogP contribution is 2.36. The monoisotopic (exact) mass is 641 g/mol. The standard InChI is InChI=1S/C25H31BrN6O9/c1-13-9-30(10-14(2)40-13)24(34)18-5-16(26)6-20(32(38)39)22(18)29-19-11-31(12-21(19)41-25(35,36)37)23(33)15-4-17(27-3)8-28-7-15/h4-8,13-14,19,21,27,29,35-37H,9-12H2,1-3H3/t13-,14+,19-,21-/m0/s1/i3D3. The number of ether oxygens (including phenoxy) is 2. The third-order valence-corrected chi connectivity index (χ3v) is 7.00. The predicted molar refractivity (Wildman–Crippen MR) is 148 cm³/mol. The molecule has 2 aliphatic rings. The maximum atomic E-state index is 13.7. The smallest absolute Gasteiger partial charge is 0.387 e. The minimum absolute atomic E-state index is 0.0250. The Balaban J connectivity index is 1.68. The van der Waals surface area contributed by atoms with E-state index in [-0.39, 0.29) is 65.4 Å². The Hall–Kier alpha value is -3.41. The lowest BCUT2D eigenvalue weighted by molar-refractivity contribution is -0.464. The van der Waals surface area contributed by atoms with E-state index in [1.807, 2.05) is 0 Å². The number of aromatic nitrogens is 1. The number of pyridine rings is 1. The minimum Gasteiger partial charge on any atom is -0.387 e. The quantitative estimate of drug-likeness (QED) is 0.155. The molecule has 4 rings (SSSR count). The minimum atomic E-state index is -3.63. The molecule has 0 bridgehead atoms. The molecule has 2 aromatic rings. The van der Waals surface area contributed by atoms with Gasteiger partial charge in [-0.15, -0.1) is 0 Å². The highest BCUT2D eigenvalue weighted by Gasteiger charge is 2.42. The van der Waals surface area contributed by atoms with E-state index in [1.54, 1.807) is 13.8 Å². The molecule has 2 fully saturated rings. The zero-order chi connectivity index (χ0) is 32.6. The molecule has 4 atom stereocenters. The Kier molecular flexibility index (Phi) is 7.89. The molecule has 0 spiro atoms. The summed E-state index contributed by atoms with van der Waals surface area (Å²) < 4.78 is 33.0. The van der Waals surface area contributed by atoms with Gasteiger partial charge in [-0.1, -0.05) is 15.9 Å². The second-order valence-electron chi connectivity index (χ2n) is 9.85. The summed E-state index contributed by atoms with van der Waals surface area (Å²) in [5.74, 6) is -1.20. The number of amides is 2. The van der Waals surface area contributed by atoms with E-state index in [1.165, 1.54) is 40.4 Å². The highest BCUT2D eigenvalue weighted by atomic mass is 79.9. The van der Waals surface area contributed by atoms with E-state index >= 15 is 0 Å². The van der Waals surface area contributed by atoms with Gasteiger partial charge >= 0.3 is 6.16 Å². The summed E-state index contributed by atoms with van der Waals surface area (Å²) in [6.07, 6.45) is -3.16. The average Bonchev–Trinajstić information content (AvgIpc) is 3.27. The third-order valence-electron chi connectivity index (χ3n) is 6.54. The molecule has 0 radical (unpaired) electrons. The van der Waals surface area contributed by atoms with Gasteiger partial charge in [0.05, 0.1) is 40.0 Å². The number of nitro groups is 1. The van der Waals surface area contributed by atoms with E-state index in [0.717, 1.165) is 0 Å². The van der Waals surface area contributed by atoms with E-state index in [2.05, 4.69) is 31.5 Å². The highest BCUT2D eigenvalue weighted by molar-refractivity contribution is 9.10. The molecule has 222 valence electrons. The van der Waals surface area contributed by atoms with Gasteiger partial charge in [0, 0.05) is 60.2 Å². The molecule has 0 aliphatic carbocycles. The van der Waals surface area contributed by atoms with Crippen LogP contribution in [0.3, 0.4) is 0 Å². The van der Waals surface area contributed by atoms with Crippen LogP contribution in [-0.2, 0) is 9.47 Å². The largest absolute Gasteiger partial charge is 0.405 e. The second-order valence-corrected chi connectivity index (χ2v) is 10.8. The van der Waals surface area contributed by atoms with E-state index in [0.29, 0.717) is 0 Å². The van der Waals surface area contributed by atoms with Crippen LogP contribution in [0.5, 0.6) is 0 Å². The van der Waals surface area contributed by atoms with Crippen LogP contribution < -0.4 is 10.6 Å². The van der Waals surface area contributed by atoms with Crippen molar-refractivity contribution in [3.8, 4) is 0 Å². The third kappa shape index (κ3) is 7.27. The molecule has 16 heteroatoms. The van der Waals surface area contributed by atoms with Crippen LogP contribution in [0.25, 0.3) is 0 Å². The molecule has 15 nitrogen and oxygen atoms in total. The van der Waals surface area contributed by atoms with Crippen LogP contribution in [0.2, 0.25) is 0 Å². The Morgan fingerprint density at radius 3 is 2.46 bits per heavy atom. The fourth-order valence-electron chi connectivity index (χ4n) is 4.97. The van der Waals surface area contributed by atoms with Crippen molar-refractivity contribution in [1.29, 1.82) is 0 Å². The lowest BCUT2D eigenvalue weighted by atomic mass is 10.1. The topological polar surface area (TPSA) is 200 Å². The van der Waals surface area contributed by atoms with Crippen molar-refractivity contribution in [1.82, 2.24) is 14.8 Å². The summed E-state index contributed by atoms with van der Waals surface area (Å²) in [5, 5.41) is 46.0. The van der Waals surface area contributed by atoms with Crippen molar-refractivity contribution in [3.05, 3.63) is 56.3 Å². The molecule has 2 aliphatic heterocycles. The number of halogens is 1. The SMILES string of the molecule is [2H]C([2H])([2H])Nc1cncc(C(=O)N2C[C@H](Nc3c(C(=O)N4C[C@@H](C)O[C@@H](C)C4)cc(Br)cc3[N+](=O)[O-])[C@@H](OC(O)(O)O)C2)c1. The van der Waals surface area contributed by atoms with Gasteiger partial charge in [0.2, 0.25) is 0 Å². The Bertz CT molecular complexity index is 1420. The van der Waals surface area contributed by atoms with Gasteiger partial charge in [0.25, 0.3) is 17.5 Å². The lowest BCUT2D eigenvalue weighted by Gasteiger charge is -2.35. The van der Waals surface area contributed by atoms with Crippen molar-refractivity contribution in [2.45, 2.75) is 44.4 Å². The normalized spacial score (nSPS) is 24.3. The van der Waals surface area contributed by atoms with Crippen molar-refractivity contribution in [2.75, 3.05) is 43.8 Å². The van der Waals surface area contributed by atoms with Crippen LogP contribution in [0.15, 0.2) is 35.1 Å². The number of benzene rings is 1. The van der Waals surface area contributed by atoms with Crippen LogP contribution in [0, 0.1) is 10.1 Å². The molecule has 5 N–H and O–H groups in total. The Morgan fingerprint density at radius 1 is 1.15 bits per heavy atom. The number of carbonyl (C=O) groups excluding carboxylic acids is 2. The summed E-state index contributed by atoms with van der Waals surface area (Å²) in [7, 11) is 0. The molecule has 0 saturated carbocycles. The summed E-state index contributed by atoms with van der Waals surface area (Å²) in [4.78, 5) is 45.1. The lowest BCUT2D eigenvalue weighted by Crippen LogP contribution is -2.48. The van der Waals surface area contributed by atoms with Crippen LogP contribution >= 0.6 is 15.9 Å². The number of anilines is 2. The summed E-state index contributed by atoms with van der Waals surface area (Å²) in [6.45, 7) is 0.896. The average molecular weight is 642 g/mol. The van der Waals surface area contributed by atoms with E-state index in [4.69, 9.17) is 13.6 Å². The molecule has 2 amide bonds. The molecule has 41 heavy (non-hydrogen) atoms. The molecule has 1 aromatic carbocycles. The van der Waals surface area contributed by atoms with Crippen molar-refractivity contribution in [3.63, 3.8) is 0 Å². The van der Waals surface area contributed by atoms with Crippen LogP contribution in [-0.4, -0.2) is 111 Å². The number of rotatable bonds is 8. The fourth-order valence-corrected chi connectivity index (χ4v) is 5.41. The molecule has 2 saturated heterocycles. The van der Waals surface area contributed by atoms with Gasteiger partial charge in [0.1, 0.15) is 11.8 Å². The van der Waals surface area contributed by atoms with Gasteiger partial charge < -0.3 is 40.5 Å². The molecular formula is C25H31BrN6O9. The van der Waals surface area contributed by atoms with Crippen LogP contribution in [0.1, 0.15) is 38.7 Å². The van der Waals surface area contributed by atoms with Gasteiger partial charge in [-0.2, -0.15) is 0 Å². The number of nitro benzene ring substituents is 1. The number of hydrogen-bond acceptors (Lipinski definition) is 12. The van der Waals surface area contributed by atoms with Gasteiger partial charge in [-0.25, -0.2) is 0 Å². The summed E-state index contributed by atoms with van der Waals surface area (Å²) in [5.41, 5.74) is -0.767. The van der Waals surface area contributed by atoms with Crippen LogP contribution in [0.4, 0.5) is 17.1 Å². The van der Waals surface area contributed by atoms with E-state index < -0.39 is 47.7 Å². The maximum Gasteiger partial charge on any atom is 0.405 e. The Morgan fingerprint density at radius 2 is 1.83 bits per heavy atom. The zero-order valence-electron chi connectivity index (χ0n) is 25.0. The van der Waals surface area contributed by atoms with Crippen molar-refractivity contribution in [2.24, 2.45) is 0 Å². The molecule has 3 heterocycles. The second kappa shape index (κ2) is 12.2. The number of aliphatic hydroxyl groups is 3. The first-order chi connectivity index (χ1) is 20.4. The predicted octanol–water partition coefficient (Wildman–Crippen LogP) is 0.953. The first-order valence-corrected chi connectivity index (χ1v) is 13.3. The van der Waals surface area contributed by atoms with Gasteiger partial charge in [-0.3, -0.25) is 29.4 Å². The number of nitrogens with zero attached hydrogens (tertiary/aromatic N) is 4. The number of carbonyl (C=O) groups is 2. The molecular weight excluding hydrogens is 608 g/mol. The summed E-state index contributed by atoms with van der Waals surface area (Å²) in [6, 6.07) is 2.73. The summed E-state index contributed by atoms with van der Waals surface area (Å²) >= 11 is 3.22. The van der Waals surface area contributed by atoms with E-state index in [9.17, 15) is 35.0 Å². The first-order valence-electron chi connectivity index (χ1n) is 14.0. The zero-order valence-corrected chi connectivity index (χ0v) is 23.6. The van der Waals surface area contributed by atoms with Gasteiger partial charge in [0.15, 0.2) is 0 Å². The van der Waals surface area contributed by atoms with Gasteiger partial charge in [-0.05, 0) is 26.0 Å². The number of hydrogen-bond donors (Lipinski definition) is 5. The number of nitrogens with one attached hydrogen (secondary N) is 2. The fraction of sp³-hybridized carbons (Fsp3) is 0.480. The number of morpholine rings is 1.